The van der Waals surface area contributed by atoms with Gasteiger partial charge in [0.15, 0.2) is 0 Å². The zero-order valence-corrected chi connectivity index (χ0v) is 17.0. The predicted molar refractivity (Wildman–Crippen MR) is 108 cm³/mol. The van der Waals surface area contributed by atoms with Crippen molar-refractivity contribution in [2.45, 2.75) is 11.8 Å². The molecule has 0 bridgehead atoms. The van der Waals surface area contributed by atoms with Gasteiger partial charge in [-0.3, -0.25) is 14.9 Å². The number of amides is 1. The molecule has 2 rings (SSSR count). The number of nitrogens with zero attached hydrogens (tertiary/aromatic N) is 2. The van der Waals surface area contributed by atoms with Gasteiger partial charge >= 0.3 is 0 Å². The Hall–Kier alpha value is -3.10. The number of carbonyl (C=O) groups is 1. The van der Waals surface area contributed by atoms with Crippen LogP contribution in [0, 0.1) is 11.3 Å². The summed E-state index contributed by atoms with van der Waals surface area (Å²) in [5, 5.41) is 12.3. The number of nitriles is 1. The topological polar surface area (TPSA) is 147 Å². The molecule has 0 aliphatic carbocycles. The first-order chi connectivity index (χ1) is 13.3. The van der Waals surface area contributed by atoms with Crippen molar-refractivity contribution in [2.24, 2.45) is 10.8 Å². The van der Waals surface area contributed by atoms with Crippen LogP contribution in [0.25, 0.3) is 0 Å². The maximum atomic E-state index is 12.5. The third kappa shape index (κ3) is 5.45. The van der Waals surface area contributed by atoms with E-state index < -0.39 is 21.6 Å². The largest absolute Gasteiger partial charge is 0.493 e. The molecule has 1 amide bonds. The molecule has 0 heterocycles. The number of nitrogens with two attached hydrogens (primary N) is 1. The fourth-order valence-electron chi connectivity index (χ4n) is 2.02. The van der Waals surface area contributed by atoms with E-state index >= 15 is 0 Å². The number of hydrogen-bond acceptors (Lipinski definition) is 7. The van der Waals surface area contributed by atoms with Crippen LogP contribution in [0.5, 0.6) is 5.75 Å². The zero-order valence-electron chi connectivity index (χ0n) is 14.6. The summed E-state index contributed by atoms with van der Waals surface area (Å²) < 4.78 is 33.5. The molecule has 0 atom stereocenters. The highest BCUT2D eigenvalue weighted by Crippen LogP contribution is 2.29. The Kier molecular flexibility index (Phi) is 6.97. The predicted octanol–water partition coefficient (Wildman–Crippen LogP) is 2.43. The van der Waals surface area contributed by atoms with Gasteiger partial charge in [0.1, 0.15) is 11.8 Å². The number of anilines is 2. The Balaban J connectivity index is 2.15. The van der Waals surface area contributed by atoms with E-state index in [1.807, 2.05) is 6.92 Å². The summed E-state index contributed by atoms with van der Waals surface area (Å²) in [5.41, 5.74) is 7.67. The molecule has 2 aromatic carbocycles. The minimum atomic E-state index is -3.82. The summed E-state index contributed by atoms with van der Waals surface area (Å²) in [4.78, 5) is 10.9. The number of halogens is 1. The van der Waals surface area contributed by atoms with Crippen molar-refractivity contribution in [2.75, 3.05) is 16.8 Å². The SMILES string of the molecule is CCOc1ccc(NS(=O)(=O)c2ccc(N/N=C(/C#N)C(N)=O)cc2)cc1Br. The second kappa shape index (κ2) is 9.20. The number of hydrogen-bond donors (Lipinski definition) is 3. The maximum Gasteiger partial charge on any atom is 0.280 e. The molecule has 0 saturated heterocycles. The van der Waals surface area contributed by atoms with Gasteiger partial charge in [0.2, 0.25) is 5.71 Å². The van der Waals surface area contributed by atoms with Crippen molar-refractivity contribution in [1.29, 1.82) is 5.26 Å². The van der Waals surface area contributed by atoms with E-state index in [1.165, 1.54) is 24.3 Å². The quantitative estimate of drug-likeness (QED) is 0.402. The molecule has 9 nitrogen and oxygen atoms in total. The van der Waals surface area contributed by atoms with Crippen molar-refractivity contribution >= 4 is 48.9 Å². The lowest BCUT2D eigenvalue weighted by atomic mass is 10.3. The highest BCUT2D eigenvalue weighted by Gasteiger charge is 2.15. The van der Waals surface area contributed by atoms with Crippen molar-refractivity contribution in [3.05, 3.63) is 46.9 Å². The lowest BCUT2D eigenvalue weighted by Gasteiger charge is -2.11. The number of sulfonamides is 1. The molecule has 0 spiro atoms. The van der Waals surface area contributed by atoms with Gasteiger partial charge < -0.3 is 10.5 Å². The summed E-state index contributed by atoms with van der Waals surface area (Å²) in [6.07, 6.45) is 0. The molecule has 0 aromatic heterocycles. The average Bonchev–Trinajstić information content (AvgIpc) is 2.64. The second-order valence-corrected chi connectivity index (χ2v) is 7.79. The lowest BCUT2D eigenvalue weighted by molar-refractivity contribution is -0.111. The van der Waals surface area contributed by atoms with Gasteiger partial charge in [0.05, 0.1) is 27.3 Å². The van der Waals surface area contributed by atoms with Gasteiger partial charge in [0.25, 0.3) is 15.9 Å². The Morgan fingerprint density at radius 2 is 1.89 bits per heavy atom. The van der Waals surface area contributed by atoms with Crippen LogP contribution in [0.3, 0.4) is 0 Å². The molecule has 0 aliphatic rings. The van der Waals surface area contributed by atoms with Crippen molar-refractivity contribution < 1.29 is 17.9 Å². The average molecular weight is 466 g/mol. The molecule has 4 N–H and O–H groups in total. The highest BCUT2D eigenvalue weighted by molar-refractivity contribution is 9.10. The number of benzene rings is 2. The van der Waals surface area contributed by atoms with Gasteiger partial charge in [-0.25, -0.2) is 8.42 Å². The number of primary amides is 1. The highest BCUT2D eigenvalue weighted by atomic mass is 79.9. The molecule has 28 heavy (non-hydrogen) atoms. The van der Waals surface area contributed by atoms with Crippen LogP contribution >= 0.6 is 15.9 Å². The van der Waals surface area contributed by atoms with Gasteiger partial charge in [-0.1, -0.05) is 0 Å². The second-order valence-electron chi connectivity index (χ2n) is 5.26. The summed E-state index contributed by atoms with van der Waals surface area (Å²) in [7, 11) is -3.82. The summed E-state index contributed by atoms with van der Waals surface area (Å²) in [6, 6.07) is 11.9. The van der Waals surface area contributed by atoms with Gasteiger partial charge in [0, 0.05) is 0 Å². The lowest BCUT2D eigenvalue weighted by Crippen LogP contribution is -2.22. The van der Waals surface area contributed by atoms with Gasteiger partial charge in [-0.05, 0) is 65.3 Å². The van der Waals surface area contributed by atoms with Crippen LogP contribution in [0.4, 0.5) is 11.4 Å². The minimum absolute atomic E-state index is 0.0162. The smallest absolute Gasteiger partial charge is 0.280 e. The van der Waals surface area contributed by atoms with Crippen LogP contribution < -0.4 is 20.6 Å². The third-order valence-electron chi connectivity index (χ3n) is 3.28. The Morgan fingerprint density at radius 3 is 2.43 bits per heavy atom. The molecule has 0 fully saturated rings. The first-order valence-electron chi connectivity index (χ1n) is 7.85. The molecule has 0 aliphatic heterocycles. The molecule has 11 heteroatoms. The maximum absolute atomic E-state index is 12.5. The van der Waals surface area contributed by atoms with Crippen LogP contribution in [0.15, 0.2) is 56.9 Å². The van der Waals surface area contributed by atoms with E-state index in [0.29, 0.717) is 28.2 Å². The number of carbonyl (C=O) groups excluding carboxylic acids is 1. The summed E-state index contributed by atoms with van der Waals surface area (Å²) in [6.45, 7) is 2.34. The zero-order chi connectivity index (χ0) is 20.7. The van der Waals surface area contributed by atoms with E-state index in [1.54, 1.807) is 24.3 Å². The number of ether oxygens (including phenoxy) is 1. The Morgan fingerprint density at radius 1 is 1.25 bits per heavy atom. The molecular weight excluding hydrogens is 450 g/mol. The number of nitrogens with one attached hydrogen (secondary N) is 2. The van der Waals surface area contributed by atoms with Crippen LogP contribution in [-0.4, -0.2) is 26.6 Å². The molecule has 2 aromatic rings. The number of hydrazone groups is 1. The molecular formula is C17H16BrN5O4S. The van der Waals surface area contributed by atoms with Crippen molar-refractivity contribution in [3.63, 3.8) is 0 Å². The number of rotatable bonds is 8. The van der Waals surface area contributed by atoms with Crippen molar-refractivity contribution in [1.82, 2.24) is 0 Å². The third-order valence-corrected chi connectivity index (χ3v) is 5.30. The first kappa shape index (κ1) is 21.2. The first-order valence-corrected chi connectivity index (χ1v) is 10.1. The van der Waals surface area contributed by atoms with Crippen LogP contribution in [0.1, 0.15) is 6.92 Å². The summed E-state index contributed by atoms with van der Waals surface area (Å²) >= 11 is 3.33. The van der Waals surface area contributed by atoms with Crippen molar-refractivity contribution in [3.8, 4) is 11.8 Å². The standard InChI is InChI=1S/C17H16BrN5O4S/c1-2-27-16-8-5-12(9-14(16)18)23-28(25,26)13-6-3-11(4-7-13)21-22-15(10-19)17(20)24/h3-9,21,23H,2H2,1H3,(H2,20,24)/b22-15-. The molecule has 0 saturated carbocycles. The molecule has 0 unspecified atom stereocenters. The van der Waals surface area contributed by atoms with E-state index in [9.17, 15) is 13.2 Å². The van der Waals surface area contributed by atoms with Gasteiger partial charge in [-0.15, -0.1) is 0 Å². The van der Waals surface area contributed by atoms with E-state index in [-0.39, 0.29) is 4.90 Å². The Labute approximate surface area is 170 Å². The fraction of sp³-hybridized carbons (Fsp3) is 0.118. The van der Waals surface area contributed by atoms with E-state index in [2.05, 4.69) is 31.2 Å². The fourth-order valence-corrected chi connectivity index (χ4v) is 3.56. The Bertz CT molecular complexity index is 1050. The van der Waals surface area contributed by atoms with Crippen LogP contribution in [0.2, 0.25) is 0 Å². The summed E-state index contributed by atoms with van der Waals surface area (Å²) in [5.74, 6) is -0.367. The van der Waals surface area contributed by atoms with Crippen LogP contribution in [-0.2, 0) is 14.8 Å². The monoisotopic (exact) mass is 465 g/mol. The normalized spacial score (nSPS) is 11.4. The molecule has 0 radical (unpaired) electrons. The minimum Gasteiger partial charge on any atom is -0.493 e. The van der Waals surface area contributed by atoms with E-state index in [4.69, 9.17) is 15.7 Å². The van der Waals surface area contributed by atoms with E-state index in [0.717, 1.165) is 0 Å². The van der Waals surface area contributed by atoms with Gasteiger partial charge in [-0.2, -0.15) is 10.4 Å². The molecule has 146 valence electrons.